The predicted molar refractivity (Wildman–Crippen MR) is 84.7 cm³/mol. The summed E-state index contributed by atoms with van der Waals surface area (Å²) in [4.78, 5) is 0.237. The molecule has 0 saturated carbocycles. The van der Waals surface area contributed by atoms with E-state index >= 15 is 0 Å². The molecule has 0 spiro atoms. The minimum atomic E-state index is -3.54. The molecule has 1 aromatic heterocycles. The van der Waals surface area contributed by atoms with E-state index in [9.17, 15) is 8.42 Å². The van der Waals surface area contributed by atoms with E-state index in [0.29, 0.717) is 25.4 Å². The first-order valence-corrected chi connectivity index (χ1v) is 9.14. The van der Waals surface area contributed by atoms with Crippen molar-refractivity contribution in [2.75, 3.05) is 19.7 Å². The minimum Gasteiger partial charge on any atom is -0.492 e. The predicted octanol–water partition coefficient (Wildman–Crippen LogP) is 1.70. The van der Waals surface area contributed by atoms with E-state index in [1.807, 2.05) is 13.1 Å². The number of benzene rings is 1. The Morgan fingerprint density at radius 3 is 2.65 bits per heavy atom. The fraction of sp³-hybridized carbons (Fsp3) is 0.467. The van der Waals surface area contributed by atoms with E-state index in [2.05, 4.69) is 10.3 Å². The molecule has 1 saturated heterocycles. The third kappa shape index (κ3) is 3.23. The molecule has 0 bridgehead atoms. The van der Waals surface area contributed by atoms with Crippen LogP contribution in [-0.2, 0) is 10.0 Å². The number of aromatic nitrogens is 3. The number of hydrogen-bond acceptors (Lipinski definition) is 5. The van der Waals surface area contributed by atoms with Gasteiger partial charge in [-0.15, -0.1) is 5.10 Å². The van der Waals surface area contributed by atoms with Crippen molar-refractivity contribution in [1.29, 1.82) is 0 Å². The zero-order chi connectivity index (χ0) is 16.3. The summed E-state index contributed by atoms with van der Waals surface area (Å²) in [5.74, 6) is 0.411. The van der Waals surface area contributed by atoms with Crippen molar-refractivity contribution in [1.82, 2.24) is 19.3 Å². The maximum absolute atomic E-state index is 12.9. The maximum atomic E-state index is 12.9. The van der Waals surface area contributed by atoms with Crippen LogP contribution in [0.4, 0.5) is 0 Å². The van der Waals surface area contributed by atoms with E-state index < -0.39 is 10.0 Å². The molecule has 0 atom stereocenters. The molecule has 0 unspecified atom stereocenters. The third-order valence-electron chi connectivity index (χ3n) is 4.01. The summed E-state index contributed by atoms with van der Waals surface area (Å²) < 4.78 is 34.6. The number of hydrogen-bond donors (Lipinski definition) is 0. The summed E-state index contributed by atoms with van der Waals surface area (Å²) in [6, 6.07) is 6.99. The second-order valence-corrected chi connectivity index (χ2v) is 7.30. The van der Waals surface area contributed by atoms with Gasteiger partial charge >= 0.3 is 0 Å². The largest absolute Gasteiger partial charge is 0.492 e. The van der Waals surface area contributed by atoms with Gasteiger partial charge in [-0.3, -0.25) is 0 Å². The van der Waals surface area contributed by atoms with Crippen molar-refractivity contribution in [3.05, 3.63) is 36.7 Å². The van der Waals surface area contributed by atoms with Crippen LogP contribution in [0.2, 0.25) is 0 Å². The highest BCUT2D eigenvalue weighted by atomic mass is 32.2. The molecular weight excluding hydrogens is 316 g/mol. The van der Waals surface area contributed by atoms with Gasteiger partial charge < -0.3 is 4.74 Å². The molecule has 2 heterocycles. The van der Waals surface area contributed by atoms with E-state index in [0.717, 1.165) is 12.8 Å². The summed E-state index contributed by atoms with van der Waals surface area (Å²) in [5.41, 5.74) is 0. The normalized spacial score (nSPS) is 17.3. The minimum absolute atomic E-state index is 0.200. The molecule has 1 aliphatic rings. The topological polar surface area (TPSA) is 77.3 Å². The Bertz CT molecular complexity index is 738. The molecule has 0 amide bonds. The molecule has 0 N–H and O–H groups in total. The maximum Gasteiger partial charge on any atom is 0.246 e. The van der Waals surface area contributed by atoms with Gasteiger partial charge in [-0.1, -0.05) is 17.3 Å². The zero-order valence-electron chi connectivity index (χ0n) is 13.0. The second-order valence-electron chi connectivity index (χ2n) is 5.40. The molecule has 1 aromatic carbocycles. The van der Waals surface area contributed by atoms with Gasteiger partial charge in [0.1, 0.15) is 10.6 Å². The molecule has 124 valence electrons. The Morgan fingerprint density at radius 2 is 2.00 bits per heavy atom. The lowest BCUT2D eigenvalue weighted by Gasteiger charge is -2.31. The van der Waals surface area contributed by atoms with Crippen molar-refractivity contribution in [3.63, 3.8) is 0 Å². The van der Waals surface area contributed by atoms with Gasteiger partial charge in [-0.25, -0.2) is 13.1 Å². The molecule has 23 heavy (non-hydrogen) atoms. The molecule has 1 fully saturated rings. The number of sulfonamides is 1. The van der Waals surface area contributed by atoms with Gasteiger partial charge in [0.15, 0.2) is 0 Å². The van der Waals surface area contributed by atoms with Crippen molar-refractivity contribution < 1.29 is 13.2 Å². The fourth-order valence-corrected chi connectivity index (χ4v) is 4.44. The Morgan fingerprint density at radius 1 is 1.26 bits per heavy atom. The fourth-order valence-electron chi connectivity index (χ4n) is 2.84. The Labute approximate surface area is 135 Å². The second kappa shape index (κ2) is 6.67. The summed E-state index contributed by atoms with van der Waals surface area (Å²) in [5, 5.41) is 7.81. The molecule has 0 aliphatic carbocycles. The van der Waals surface area contributed by atoms with Crippen molar-refractivity contribution in [3.8, 4) is 5.75 Å². The molecule has 8 heteroatoms. The van der Waals surface area contributed by atoms with Crippen LogP contribution >= 0.6 is 0 Å². The van der Waals surface area contributed by atoms with Crippen molar-refractivity contribution in [2.45, 2.75) is 30.7 Å². The van der Waals surface area contributed by atoms with Crippen LogP contribution in [0.1, 0.15) is 25.8 Å². The number of para-hydroxylation sites is 1. The number of ether oxygens (including phenoxy) is 1. The summed E-state index contributed by atoms with van der Waals surface area (Å²) in [6.07, 6.45) is 4.90. The van der Waals surface area contributed by atoms with Crippen molar-refractivity contribution >= 4 is 10.0 Å². The lowest BCUT2D eigenvalue weighted by Crippen LogP contribution is -2.39. The van der Waals surface area contributed by atoms with Crippen LogP contribution in [0.3, 0.4) is 0 Å². The van der Waals surface area contributed by atoms with Crippen LogP contribution in [0.25, 0.3) is 0 Å². The highest BCUT2D eigenvalue weighted by Crippen LogP contribution is 2.30. The van der Waals surface area contributed by atoms with Crippen LogP contribution in [0, 0.1) is 0 Å². The average Bonchev–Trinajstić information content (AvgIpc) is 3.10. The van der Waals surface area contributed by atoms with E-state index in [-0.39, 0.29) is 10.9 Å². The van der Waals surface area contributed by atoms with E-state index in [1.165, 1.54) is 4.31 Å². The summed E-state index contributed by atoms with van der Waals surface area (Å²) in [6.45, 7) is 3.20. The van der Waals surface area contributed by atoms with Gasteiger partial charge in [-0.05, 0) is 31.9 Å². The quantitative estimate of drug-likeness (QED) is 0.830. The van der Waals surface area contributed by atoms with Crippen LogP contribution in [0.5, 0.6) is 5.75 Å². The first-order valence-electron chi connectivity index (χ1n) is 7.70. The first-order chi connectivity index (χ1) is 11.1. The van der Waals surface area contributed by atoms with Gasteiger partial charge in [0.05, 0.1) is 18.8 Å². The van der Waals surface area contributed by atoms with Crippen molar-refractivity contribution in [2.24, 2.45) is 0 Å². The van der Waals surface area contributed by atoms with Gasteiger partial charge in [0.25, 0.3) is 0 Å². The van der Waals surface area contributed by atoms with Crippen LogP contribution in [0.15, 0.2) is 41.6 Å². The highest BCUT2D eigenvalue weighted by molar-refractivity contribution is 7.89. The van der Waals surface area contributed by atoms with Gasteiger partial charge in [0, 0.05) is 19.3 Å². The Kier molecular flexibility index (Phi) is 4.63. The molecular formula is C15H20N4O3S. The molecule has 3 rings (SSSR count). The van der Waals surface area contributed by atoms with Gasteiger partial charge in [0.2, 0.25) is 10.0 Å². The smallest absolute Gasteiger partial charge is 0.246 e. The number of piperidine rings is 1. The Balaban J connectivity index is 1.77. The van der Waals surface area contributed by atoms with Gasteiger partial charge in [-0.2, -0.15) is 4.31 Å². The average molecular weight is 336 g/mol. The lowest BCUT2D eigenvalue weighted by molar-refractivity contribution is 0.257. The SMILES string of the molecule is CCOc1ccccc1S(=O)(=O)N1CCC(n2ccnn2)CC1. The zero-order valence-corrected chi connectivity index (χ0v) is 13.8. The standard InChI is InChI=1S/C15H20N4O3S/c1-2-22-14-5-3-4-6-15(14)23(20,21)18-10-7-13(8-11-18)19-12-9-16-17-19/h3-6,9,12-13H,2,7-8,10-11H2,1H3. The molecule has 1 aliphatic heterocycles. The third-order valence-corrected chi connectivity index (χ3v) is 5.94. The molecule has 7 nitrogen and oxygen atoms in total. The summed E-state index contributed by atoms with van der Waals surface area (Å²) >= 11 is 0. The molecule has 2 aromatic rings. The molecule has 0 radical (unpaired) electrons. The lowest BCUT2D eigenvalue weighted by atomic mass is 10.1. The highest BCUT2D eigenvalue weighted by Gasteiger charge is 2.32. The summed E-state index contributed by atoms with van der Waals surface area (Å²) in [7, 11) is -3.54. The van der Waals surface area contributed by atoms with Crippen LogP contribution < -0.4 is 4.74 Å². The monoisotopic (exact) mass is 336 g/mol. The van der Waals surface area contributed by atoms with E-state index in [4.69, 9.17) is 4.74 Å². The number of nitrogens with zero attached hydrogens (tertiary/aromatic N) is 4. The Hall–Kier alpha value is -1.93. The number of rotatable bonds is 5. The van der Waals surface area contributed by atoms with Crippen LogP contribution in [-0.4, -0.2) is 47.4 Å². The van der Waals surface area contributed by atoms with E-state index in [1.54, 1.807) is 35.1 Å². The first kappa shape index (κ1) is 15.9.